The second kappa shape index (κ2) is 4.68. The fraction of sp³-hybridized carbons (Fsp3) is 0.200. The average molecular weight is 240 g/mol. The third kappa shape index (κ3) is 2.73. The summed E-state index contributed by atoms with van der Waals surface area (Å²) >= 11 is 7.46. The van der Waals surface area contributed by atoms with Gasteiger partial charge >= 0.3 is 0 Å². The zero-order valence-electron chi connectivity index (χ0n) is 8.22. The largest absolute Gasteiger partial charge is 0.312 e. The topological polar surface area (TPSA) is 30.7 Å². The van der Waals surface area contributed by atoms with E-state index in [1.54, 1.807) is 18.1 Å². The first-order valence-corrected chi connectivity index (χ1v) is 5.83. The zero-order valence-corrected chi connectivity index (χ0v) is 9.79. The van der Waals surface area contributed by atoms with E-state index >= 15 is 0 Å². The van der Waals surface area contributed by atoms with E-state index in [4.69, 9.17) is 11.6 Å². The van der Waals surface area contributed by atoms with Crippen molar-refractivity contribution in [1.82, 2.24) is 14.8 Å². The third-order valence-electron chi connectivity index (χ3n) is 1.95. The van der Waals surface area contributed by atoms with E-state index in [0.29, 0.717) is 0 Å². The van der Waals surface area contributed by atoms with E-state index in [1.165, 1.54) is 5.56 Å². The molecule has 0 atom stereocenters. The Morgan fingerprint density at radius 2 is 2.07 bits per heavy atom. The Bertz CT molecular complexity index is 438. The molecule has 1 aromatic carbocycles. The molecule has 0 fully saturated rings. The van der Waals surface area contributed by atoms with Crippen LogP contribution in [0.5, 0.6) is 0 Å². The summed E-state index contributed by atoms with van der Waals surface area (Å²) in [6.07, 6.45) is 1.70. The summed E-state index contributed by atoms with van der Waals surface area (Å²) in [5, 5.41) is 9.50. The maximum absolute atomic E-state index is 5.80. The lowest BCUT2D eigenvalue weighted by Crippen LogP contribution is -1.89. The normalized spacial score (nSPS) is 10.5. The van der Waals surface area contributed by atoms with Crippen molar-refractivity contribution in [2.45, 2.75) is 10.9 Å². The highest BCUT2D eigenvalue weighted by atomic mass is 35.5. The Balaban J connectivity index is 1.99. The number of hydrogen-bond acceptors (Lipinski definition) is 3. The number of rotatable bonds is 3. The second-order valence-corrected chi connectivity index (χ2v) is 4.52. The van der Waals surface area contributed by atoms with Crippen LogP contribution in [0.4, 0.5) is 0 Å². The van der Waals surface area contributed by atoms with Gasteiger partial charge in [-0.25, -0.2) is 0 Å². The van der Waals surface area contributed by atoms with Crippen molar-refractivity contribution in [3.63, 3.8) is 0 Å². The van der Waals surface area contributed by atoms with E-state index in [2.05, 4.69) is 10.2 Å². The Labute approximate surface area is 97.5 Å². The van der Waals surface area contributed by atoms with Crippen LogP contribution in [-0.2, 0) is 12.8 Å². The van der Waals surface area contributed by atoms with Gasteiger partial charge in [-0.3, -0.25) is 0 Å². The first-order valence-electron chi connectivity index (χ1n) is 4.47. The third-order valence-corrected chi connectivity index (χ3v) is 3.31. The monoisotopic (exact) mass is 239 g/mol. The number of aromatic nitrogens is 3. The van der Waals surface area contributed by atoms with Crippen LogP contribution in [0.1, 0.15) is 5.56 Å². The second-order valence-electron chi connectivity index (χ2n) is 3.14. The SMILES string of the molecule is Cn1cnnc1SCc1ccc(Cl)cc1. The molecule has 2 aromatic rings. The first kappa shape index (κ1) is 10.5. The smallest absolute Gasteiger partial charge is 0.191 e. The number of thioether (sulfide) groups is 1. The highest BCUT2D eigenvalue weighted by Crippen LogP contribution is 2.20. The van der Waals surface area contributed by atoms with Gasteiger partial charge in [-0.15, -0.1) is 10.2 Å². The molecule has 0 unspecified atom stereocenters. The quantitative estimate of drug-likeness (QED) is 0.772. The van der Waals surface area contributed by atoms with Crippen molar-refractivity contribution >= 4 is 23.4 Å². The molecule has 0 saturated carbocycles. The Morgan fingerprint density at radius 3 is 2.67 bits per heavy atom. The van der Waals surface area contributed by atoms with Gasteiger partial charge < -0.3 is 4.57 Å². The molecule has 0 saturated heterocycles. The van der Waals surface area contributed by atoms with Gasteiger partial charge in [0.25, 0.3) is 0 Å². The summed E-state index contributed by atoms with van der Waals surface area (Å²) in [4.78, 5) is 0. The Hall–Kier alpha value is -1.00. The molecule has 1 aromatic heterocycles. The highest BCUT2D eigenvalue weighted by molar-refractivity contribution is 7.98. The number of aryl methyl sites for hydroxylation is 1. The lowest BCUT2D eigenvalue weighted by molar-refractivity contribution is 0.788. The minimum atomic E-state index is 0.766. The molecule has 0 amide bonds. The van der Waals surface area contributed by atoms with Crippen LogP contribution in [0.25, 0.3) is 0 Å². The van der Waals surface area contributed by atoms with Crippen LogP contribution in [0.15, 0.2) is 35.7 Å². The molecule has 0 aliphatic carbocycles. The molecule has 0 aliphatic heterocycles. The molecule has 78 valence electrons. The number of halogens is 1. The molecule has 0 N–H and O–H groups in total. The number of benzene rings is 1. The molecule has 15 heavy (non-hydrogen) atoms. The van der Waals surface area contributed by atoms with Crippen LogP contribution < -0.4 is 0 Å². The lowest BCUT2D eigenvalue weighted by atomic mass is 10.2. The summed E-state index contributed by atoms with van der Waals surface area (Å²) < 4.78 is 1.90. The fourth-order valence-electron chi connectivity index (χ4n) is 1.13. The molecule has 2 rings (SSSR count). The molecular weight excluding hydrogens is 230 g/mol. The molecule has 0 bridgehead atoms. The van der Waals surface area contributed by atoms with Crippen molar-refractivity contribution in [2.24, 2.45) is 7.05 Å². The number of nitrogens with zero attached hydrogens (tertiary/aromatic N) is 3. The van der Waals surface area contributed by atoms with Gasteiger partial charge in [0.15, 0.2) is 5.16 Å². The van der Waals surface area contributed by atoms with Crippen molar-refractivity contribution in [1.29, 1.82) is 0 Å². The van der Waals surface area contributed by atoms with E-state index in [-0.39, 0.29) is 0 Å². The van der Waals surface area contributed by atoms with Gasteiger partial charge in [-0.1, -0.05) is 35.5 Å². The maximum Gasteiger partial charge on any atom is 0.191 e. The Morgan fingerprint density at radius 1 is 1.33 bits per heavy atom. The van der Waals surface area contributed by atoms with E-state index in [1.807, 2.05) is 35.9 Å². The summed E-state index contributed by atoms with van der Waals surface area (Å²) in [6, 6.07) is 7.83. The summed E-state index contributed by atoms with van der Waals surface area (Å²) in [5.74, 6) is 0.879. The molecule has 0 radical (unpaired) electrons. The van der Waals surface area contributed by atoms with E-state index < -0.39 is 0 Å². The van der Waals surface area contributed by atoms with E-state index in [0.717, 1.165) is 15.9 Å². The average Bonchev–Trinajstić information content (AvgIpc) is 2.63. The van der Waals surface area contributed by atoms with Crippen LogP contribution in [-0.4, -0.2) is 14.8 Å². The summed E-state index contributed by atoms with van der Waals surface area (Å²) in [6.45, 7) is 0. The van der Waals surface area contributed by atoms with Crippen molar-refractivity contribution in [3.8, 4) is 0 Å². The molecule has 0 aliphatic rings. The lowest BCUT2D eigenvalue weighted by Gasteiger charge is -2.00. The van der Waals surface area contributed by atoms with Crippen molar-refractivity contribution in [3.05, 3.63) is 41.2 Å². The Kier molecular flexibility index (Phi) is 3.28. The maximum atomic E-state index is 5.80. The van der Waals surface area contributed by atoms with E-state index in [9.17, 15) is 0 Å². The zero-order chi connectivity index (χ0) is 10.7. The van der Waals surface area contributed by atoms with Gasteiger partial charge in [0.05, 0.1) is 0 Å². The summed E-state index contributed by atoms with van der Waals surface area (Å²) in [7, 11) is 1.93. The van der Waals surface area contributed by atoms with Crippen molar-refractivity contribution < 1.29 is 0 Å². The van der Waals surface area contributed by atoms with Gasteiger partial charge in [0.1, 0.15) is 6.33 Å². The minimum absolute atomic E-state index is 0.766. The van der Waals surface area contributed by atoms with Gasteiger partial charge in [0, 0.05) is 17.8 Å². The minimum Gasteiger partial charge on any atom is -0.312 e. The molecule has 5 heteroatoms. The number of hydrogen-bond donors (Lipinski definition) is 0. The predicted molar refractivity (Wildman–Crippen MR) is 62.0 cm³/mol. The predicted octanol–water partition coefficient (Wildman–Crippen LogP) is 2.76. The summed E-state index contributed by atoms with van der Waals surface area (Å²) in [5.41, 5.74) is 1.23. The standard InChI is InChI=1S/C10H10ClN3S/c1-14-7-12-13-10(14)15-6-8-2-4-9(11)5-3-8/h2-5,7H,6H2,1H3. The van der Waals surface area contributed by atoms with Crippen molar-refractivity contribution in [2.75, 3.05) is 0 Å². The van der Waals surface area contributed by atoms with Crippen LogP contribution in [0.2, 0.25) is 5.02 Å². The molecule has 3 nitrogen and oxygen atoms in total. The van der Waals surface area contributed by atoms with Gasteiger partial charge in [-0.2, -0.15) is 0 Å². The van der Waals surface area contributed by atoms with Gasteiger partial charge in [0.2, 0.25) is 0 Å². The van der Waals surface area contributed by atoms with Crippen LogP contribution in [0.3, 0.4) is 0 Å². The fourth-order valence-corrected chi connectivity index (χ4v) is 2.10. The molecular formula is C10H10ClN3S. The molecule has 0 spiro atoms. The van der Waals surface area contributed by atoms with Gasteiger partial charge in [-0.05, 0) is 17.7 Å². The van der Waals surface area contributed by atoms with Crippen LogP contribution >= 0.6 is 23.4 Å². The first-order chi connectivity index (χ1) is 7.25. The molecule has 1 heterocycles. The highest BCUT2D eigenvalue weighted by Gasteiger charge is 2.01. The van der Waals surface area contributed by atoms with Crippen LogP contribution in [0, 0.1) is 0 Å².